The van der Waals surface area contributed by atoms with E-state index < -0.39 is 12.1 Å². The number of aliphatic carboxylic acids is 1. The van der Waals surface area contributed by atoms with Gasteiger partial charge in [-0.15, -0.1) is 11.8 Å². The standard InChI is InChI=1S/C18H24FN5OS.C2HF3O2/c19-15-3-1-14(2-4-15)10-22-7-5-16(6-8-22)24(21)11-18(25)23-13-26-12-17(23)9-20;3-2(4,5)1(6)7/h1-4,16-17H,5-8,10-13,21H2;(H,6,7)/t17-;/m1./s1. The van der Waals surface area contributed by atoms with E-state index in [0.29, 0.717) is 11.6 Å². The van der Waals surface area contributed by atoms with Crippen LogP contribution >= 0.6 is 11.8 Å². The van der Waals surface area contributed by atoms with Gasteiger partial charge in [-0.3, -0.25) is 15.5 Å². The van der Waals surface area contributed by atoms with E-state index in [0.717, 1.165) is 38.0 Å². The topological polar surface area (TPSA) is 114 Å². The zero-order chi connectivity index (χ0) is 24.6. The lowest BCUT2D eigenvalue weighted by molar-refractivity contribution is -0.192. The van der Waals surface area contributed by atoms with Crippen molar-refractivity contribution in [1.29, 1.82) is 5.26 Å². The maximum Gasteiger partial charge on any atom is 0.490 e. The molecule has 2 aliphatic rings. The minimum Gasteiger partial charge on any atom is -0.475 e. The smallest absolute Gasteiger partial charge is 0.475 e. The molecule has 0 saturated carbocycles. The SMILES string of the molecule is N#C[C@@H]1CSCN1C(=O)CN(N)C1CCN(Cc2ccc(F)cc2)CC1.O=C(O)C(F)(F)F. The van der Waals surface area contributed by atoms with Gasteiger partial charge in [0.25, 0.3) is 0 Å². The van der Waals surface area contributed by atoms with Crippen molar-refractivity contribution >= 4 is 23.6 Å². The first-order valence-corrected chi connectivity index (χ1v) is 11.2. The Kier molecular flexibility index (Phi) is 9.90. The van der Waals surface area contributed by atoms with Crippen LogP contribution < -0.4 is 5.84 Å². The van der Waals surface area contributed by atoms with Crippen molar-refractivity contribution in [2.24, 2.45) is 5.84 Å². The van der Waals surface area contributed by atoms with Gasteiger partial charge in [0.1, 0.15) is 11.9 Å². The number of nitriles is 1. The summed E-state index contributed by atoms with van der Waals surface area (Å²) >= 11 is 1.60. The highest BCUT2D eigenvalue weighted by Gasteiger charge is 2.38. The normalized spacial score (nSPS) is 19.7. The van der Waals surface area contributed by atoms with Crippen LogP contribution in [0.2, 0.25) is 0 Å². The number of amides is 1. The Morgan fingerprint density at radius 1 is 1.24 bits per heavy atom. The Labute approximate surface area is 192 Å². The van der Waals surface area contributed by atoms with Crippen molar-refractivity contribution in [2.45, 2.75) is 37.6 Å². The number of piperidine rings is 1. The first-order valence-electron chi connectivity index (χ1n) is 10.1. The van der Waals surface area contributed by atoms with Gasteiger partial charge in [-0.1, -0.05) is 12.1 Å². The largest absolute Gasteiger partial charge is 0.490 e. The molecule has 2 heterocycles. The van der Waals surface area contributed by atoms with E-state index in [-0.39, 0.29) is 30.4 Å². The average molecular weight is 492 g/mol. The molecule has 1 aromatic carbocycles. The summed E-state index contributed by atoms with van der Waals surface area (Å²) in [6.07, 6.45) is -3.30. The van der Waals surface area contributed by atoms with E-state index in [2.05, 4.69) is 11.0 Å². The number of nitrogens with two attached hydrogens (primary N) is 1. The molecule has 3 rings (SSSR count). The van der Waals surface area contributed by atoms with Gasteiger partial charge in [0.05, 0.1) is 18.5 Å². The van der Waals surface area contributed by atoms with Crippen LogP contribution in [-0.4, -0.2) is 81.3 Å². The molecule has 13 heteroatoms. The molecule has 1 atom stereocenters. The van der Waals surface area contributed by atoms with Gasteiger partial charge in [0.2, 0.25) is 5.91 Å². The Balaban J connectivity index is 0.000000479. The van der Waals surface area contributed by atoms with Crippen LogP contribution in [0.5, 0.6) is 0 Å². The maximum absolute atomic E-state index is 13.0. The number of thioether (sulfide) groups is 1. The number of benzene rings is 1. The fraction of sp³-hybridized carbons (Fsp3) is 0.550. The molecule has 0 spiro atoms. The van der Waals surface area contributed by atoms with Crippen LogP contribution in [0.3, 0.4) is 0 Å². The van der Waals surface area contributed by atoms with Crippen LogP contribution in [0.1, 0.15) is 18.4 Å². The summed E-state index contributed by atoms with van der Waals surface area (Å²) in [5.74, 6) is 4.35. The van der Waals surface area contributed by atoms with Gasteiger partial charge in [-0.25, -0.2) is 14.2 Å². The van der Waals surface area contributed by atoms with Crippen molar-refractivity contribution in [3.8, 4) is 6.07 Å². The summed E-state index contributed by atoms with van der Waals surface area (Å²) in [6.45, 7) is 2.74. The van der Waals surface area contributed by atoms with Gasteiger partial charge in [0, 0.05) is 31.4 Å². The molecule has 1 aromatic rings. The number of carboxylic acids is 1. The predicted octanol–water partition coefficient (Wildman–Crippen LogP) is 2.02. The summed E-state index contributed by atoms with van der Waals surface area (Å²) in [7, 11) is 0. The summed E-state index contributed by atoms with van der Waals surface area (Å²) in [6, 6.07) is 8.61. The highest BCUT2D eigenvalue weighted by atomic mass is 32.2. The van der Waals surface area contributed by atoms with Gasteiger partial charge in [-0.2, -0.15) is 18.4 Å². The number of carboxylic acid groups (broad SMARTS) is 1. The number of hydrogen-bond acceptors (Lipinski definition) is 7. The molecule has 2 fully saturated rings. The monoisotopic (exact) mass is 491 g/mol. The second-order valence-corrected chi connectivity index (χ2v) is 8.62. The van der Waals surface area contributed by atoms with Crippen LogP contribution in [0, 0.1) is 17.1 Å². The molecule has 0 aliphatic carbocycles. The Bertz CT molecular complexity index is 842. The highest BCUT2D eigenvalue weighted by Crippen LogP contribution is 2.21. The first kappa shape index (κ1) is 26.8. The van der Waals surface area contributed by atoms with Gasteiger partial charge < -0.3 is 10.0 Å². The third-order valence-corrected chi connectivity index (χ3v) is 6.27. The lowest BCUT2D eigenvalue weighted by atomic mass is 10.0. The molecule has 1 amide bonds. The van der Waals surface area contributed by atoms with Crippen LogP contribution in [0.4, 0.5) is 17.6 Å². The molecule has 0 radical (unpaired) electrons. The number of alkyl halides is 3. The van der Waals surface area contributed by atoms with E-state index >= 15 is 0 Å². The van der Waals surface area contributed by atoms with Crippen LogP contribution in [-0.2, 0) is 16.1 Å². The number of rotatable bonds is 5. The molecule has 2 saturated heterocycles. The summed E-state index contributed by atoms with van der Waals surface area (Å²) in [5, 5.41) is 17.9. The van der Waals surface area contributed by atoms with Crippen LogP contribution in [0.15, 0.2) is 24.3 Å². The minimum absolute atomic E-state index is 0.0715. The summed E-state index contributed by atoms with van der Waals surface area (Å²) in [5.41, 5.74) is 1.10. The Hall–Kier alpha value is -2.40. The maximum atomic E-state index is 13.0. The zero-order valence-corrected chi connectivity index (χ0v) is 18.5. The van der Waals surface area contributed by atoms with Crippen molar-refractivity contribution in [3.63, 3.8) is 0 Å². The number of hydrazine groups is 1. The molecule has 0 bridgehead atoms. The van der Waals surface area contributed by atoms with Gasteiger partial charge in [0.15, 0.2) is 0 Å². The van der Waals surface area contributed by atoms with E-state index in [1.165, 1.54) is 12.1 Å². The van der Waals surface area contributed by atoms with E-state index in [4.69, 9.17) is 21.0 Å². The molecule has 0 aromatic heterocycles. The number of carbonyl (C=O) groups excluding carboxylic acids is 1. The summed E-state index contributed by atoms with van der Waals surface area (Å²) in [4.78, 5) is 25.2. The van der Waals surface area contributed by atoms with Crippen LogP contribution in [0.25, 0.3) is 0 Å². The van der Waals surface area contributed by atoms with Crippen molar-refractivity contribution in [1.82, 2.24) is 14.8 Å². The molecule has 33 heavy (non-hydrogen) atoms. The van der Waals surface area contributed by atoms with Gasteiger partial charge >= 0.3 is 12.1 Å². The Morgan fingerprint density at radius 3 is 2.33 bits per heavy atom. The molecule has 2 aliphatic heterocycles. The van der Waals surface area contributed by atoms with Crippen molar-refractivity contribution in [3.05, 3.63) is 35.6 Å². The molecule has 182 valence electrons. The van der Waals surface area contributed by atoms with Gasteiger partial charge in [-0.05, 0) is 30.5 Å². The van der Waals surface area contributed by atoms with E-state index in [1.54, 1.807) is 21.7 Å². The second kappa shape index (κ2) is 12.2. The number of carbonyl (C=O) groups is 2. The molecule has 8 nitrogen and oxygen atoms in total. The lowest BCUT2D eigenvalue weighted by Crippen LogP contribution is -2.52. The summed E-state index contributed by atoms with van der Waals surface area (Å²) < 4.78 is 44.7. The Morgan fingerprint density at radius 2 is 1.82 bits per heavy atom. The third kappa shape index (κ3) is 8.47. The van der Waals surface area contributed by atoms with Crippen molar-refractivity contribution < 1.29 is 32.3 Å². The second-order valence-electron chi connectivity index (χ2n) is 7.62. The molecular weight excluding hydrogens is 466 g/mol. The number of nitrogens with zero attached hydrogens (tertiary/aromatic N) is 4. The number of hydrogen-bond donors (Lipinski definition) is 2. The van der Waals surface area contributed by atoms with E-state index in [1.807, 2.05) is 12.1 Å². The molecule has 0 unspecified atom stereocenters. The quantitative estimate of drug-likeness (QED) is 0.365. The lowest BCUT2D eigenvalue weighted by Gasteiger charge is -2.36. The number of halogens is 4. The fourth-order valence-corrected chi connectivity index (χ4v) is 4.53. The fourth-order valence-electron chi connectivity index (χ4n) is 3.43. The van der Waals surface area contributed by atoms with E-state index in [9.17, 15) is 22.4 Å². The number of likely N-dealkylation sites (tertiary alicyclic amines) is 1. The first-order chi connectivity index (χ1) is 15.5. The molecule has 3 N–H and O–H groups in total. The molecular formula is C20H25F4N5O3S. The minimum atomic E-state index is -5.08. The zero-order valence-electron chi connectivity index (χ0n) is 17.7. The van der Waals surface area contributed by atoms with Crippen molar-refractivity contribution in [2.75, 3.05) is 31.3 Å². The predicted molar refractivity (Wildman–Crippen MR) is 113 cm³/mol. The third-order valence-electron chi connectivity index (χ3n) is 5.26. The average Bonchev–Trinajstić information content (AvgIpc) is 3.25. The highest BCUT2D eigenvalue weighted by molar-refractivity contribution is 7.99.